The lowest BCUT2D eigenvalue weighted by Crippen LogP contribution is -2.01. The lowest BCUT2D eigenvalue weighted by atomic mass is 10.0. The Hall–Kier alpha value is -1.39. The maximum absolute atomic E-state index is 5.72. The first-order valence-electron chi connectivity index (χ1n) is 6.55. The summed E-state index contributed by atoms with van der Waals surface area (Å²) in [5.41, 5.74) is 6.89. The fourth-order valence-electron chi connectivity index (χ4n) is 1.76. The first-order valence-corrected chi connectivity index (χ1v) is 7.37. The normalized spacial score (nSPS) is 10.9. The molecule has 0 saturated heterocycles. The predicted molar refractivity (Wildman–Crippen MR) is 79.7 cm³/mol. The van der Waals surface area contributed by atoms with Crippen molar-refractivity contribution in [1.82, 2.24) is 4.98 Å². The molecular weight excluding hydrogens is 256 g/mol. The number of nitrogens with zero attached hydrogens (tertiary/aromatic N) is 1. The number of rotatable bonds is 6. The van der Waals surface area contributed by atoms with Crippen molar-refractivity contribution in [2.45, 2.75) is 32.7 Å². The van der Waals surface area contributed by atoms with Crippen LogP contribution in [0.3, 0.4) is 0 Å². The molecule has 3 nitrogen and oxygen atoms in total. The zero-order valence-electron chi connectivity index (χ0n) is 11.4. The van der Waals surface area contributed by atoms with Gasteiger partial charge in [-0.1, -0.05) is 26.0 Å². The minimum atomic E-state index is 0.555. The van der Waals surface area contributed by atoms with E-state index in [9.17, 15) is 0 Å². The van der Waals surface area contributed by atoms with Gasteiger partial charge in [-0.15, -0.1) is 11.3 Å². The van der Waals surface area contributed by atoms with Crippen molar-refractivity contribution < 1.29 is 4.74 Å². The third-order valence-corrected chi connectivity index (χ3v) is 4.01. The Balaban J connectivity index is 1.82. The second-order valence-corrected chi connectivity index (χ2v) is 5.95. The van der Waals surface area contributed by atoms with E-state index in [1.165, 1.54) is 5.56 Å². The lowest BCUT2D eigenvalue weighted by molar-refractivity contribution is 0.321. The molecule has 4 heteroatoms. The summed E-state index contributed by atoms with van der Waals surface area (Å²) in [6.45, 7) is 5.59. The predicted octanol–water partition coefficient (Wildman–Crippen LogP) is 3.35. The van der Waals surface area contributed by atoms with Crippen LogP contribution in [-0.2, 0) is 13.0 Å². The zero-order valence-corrected chi connectivity index (χ0v) is 12.2. The molecule has 102 valence electrons. The molecule has 2 N–H and O–H groups in total. The number of hydrogen-bond donors (Lipinski definition) is 1. The summed E-state index contributed by atoms with van der Waals surface area (Å²) in [5.74, 6) is 1.47. The molecule has 0 unspecified atom stereocenters. The highest BCUT2D eigenvalue weighted by atomic mass is 32.1. The van der Waals surface area contributed by atoms with Crippen molar-refractivity contribution in [3.63, 3.8) is 0 Å². The largest absolute Gasteiger partial charge is 0.493 e. The van der Waals surface area contributed by atoms with Gasteiger partial charge in [-0.3, -0.25) is 0 Å². The van der Waals surface area contributed by atoms with Crippen LogP contribution in [0, 0.1) is 0 Å². The molecule has 19 heavy (non-hydrogen) atoms. The van der Waals surface area contributed by atoms with Gasteiger partial charge in [-0.25, -0.2) is 4.98 Å². The number of nitrogens with two attached hydrogens (primary N) is 1. The van der Waals surface area contributed by atoms with Crippen LogP contribution in [0.15, 0.2) is 30.5 Å². The van der Waals surface area contributed by atoms with E-state index in [4.69, 9.17) is 10.5 Å². The van der Waals surface area contributed by atoms with Crippen LogP contribution in [0.2, 0.25) is 0 Å². The Kier molecular flexibility index (Phi) is 4.93. The fourth-order valence-corrected chi connectivity index (χ4v) is 2.55. The third-order valence-electron chi connectivity index (χ3n) is 2.93. The Morgan fingerprint density at radius 1 is 1.26 bits per heavy atom. The van der Waals surface area contributed by atoms with E-state index in [1.54, 1.807) is 11.3 Å². The zero-order chi connectivity index (χ0) is 13.7. The molecule has 0 radical (unpaired) electrons. The minimum absolute atomic E-state index is 0.555. The van der Waals surface area contributed by atoms with Crippen LogP contribution < -0.4 is 10.5 Å². The topological polar surface area (TPSA) is 48.1 Å². The van der Waals surface area contributed by atoms with E-state index in [1.807, 2.05) is 18.3 Å². The summed E-state index contributed by atoms with van der Waals surface area (Å²) in [6, 6.07) is 8.30. The minimum Gasteiger partial charge on any atom is -0.493 e. The highest BCUT2D eigenvalue weighted by molar-refractivity contribution is 7.11. The van der Waals surface area contributed by atoms with Crippen molar-refractivity contribution in [3.8, 4) is 5.75 Å². The molecule has 0 fully saturated rings. The average molecular weight is 276 g/mol. The van der Waals surface area contributed by atoms with Gasteiger partial charge in [-0.05, 0) is 23.6 Å². The fraction of sp³-hybridized carbons (Fsp3) is 0.400. The second-order valence-electron chi connectivity index (χ2n) is 4.75. The smallest absolute Gasteiger partial charge is 0.119 e. The average Bonchev–Trinajstić information content (AvgIpc) is 2.87. The summed E-state index contributed by atoms with van der Waals surface area (Å²) in [4.78, 5) is 5.44. The van der Waals surface area contributed by atoms with Crippen LogP contribution in [-0.4, -0.2) is 11.6 Å². The summed E-state index contributed by atoms with van der Waals surface area (Å²) < 4.78 is 5.72. The van der Waals surface area contributed by atoms with Crippen molar-refractivity contribution in [2.24, 2.45) is 5.73 Å². The molecule has 0 aliphatic rings. The van der Waals surface area contributed by atoms with Crippen molar-refractivity contribution in [2.75, 3.05) is 6.61 Å². The van der Waals surface area contributed by atoms with E-state index < -0.39 is 0 Å². The Morgan fingerprint density at radius 3 is 2.58 bits per heavy atom. The lowest BCUT2D eigenvalue weighted by Gasteiger charge is -2.08. The van der Waals surface area contributed by atoms with E-state index in [0.717, 1.165) is 22.1 Å². The van der Waals surface area contributed by atoms with E-state index >= 15 is 0 Å². The van der Waals surface area contributed by atoms with E-state index in [0.29, 0.717) is 19.1 Å². The van der Waals surface area contributed by atoms with Crippen LogP contribution in [0.4, 0.5) is 0 Å². The van der Waals surface area contributed by atoms with Gasteiger partial charge in [0.15, 0.2) is 0 Å². The quantitative estimate of drug-likeness (QED) is 0.880. The van der Waals surface area contributed by atoms with Crippen molar-refractivity contribution in [3.05, 3.63) is 45.9 Å². The summed E-state index contributed by atoms with van der Waals surface area (Å²) >= 11 is 1.66. The van der Waals surface area contributed by atoms with E-state index in [2.05, 4.69) is 31.0 Å². The molecule has 0 bridgehead atoms. The molecule has 0 spiro atoms. The van der Waals surface area contributed by atoms with Crippen molar-refractivity contribution in [1.29, 1.82) is 0 Å². The summed E-state index contributed by atoms with van der Waals surface area (Å²) in [7, 11) is 0. The molecule has 1 aromatic carbocycles. The number of hydrogen-bond acceptors (Lipinski definition) is 4. The van der Waals surface area contributed by atoms with Gasteiger partial charge in [0.2, 0.25) is 0 Å². The van der Waals surface area contributed by atoms with Gasteiger partial charge < -0.3 is 10.5 Å². The Labute approximate surface area is 118 Å². The standard InChI is InChI=1S/C15H20N2OS/c1-11(2)12-3-5-13(6-4-12)18-8-7-15-17-10-14(9-16)19-15/h3-6,10-11H,7-9,16H2,1-2H3. The van der Waals surface area contributed by atoms with Gasteiger partial charge in [-0.2, -0.15) is 0 Å². The maximum Gasteiger partial charge on any atom is 0.119 e. The highest BCUT2D eigenvalue weighted by Crippen LogP contribution is 2.19. The van der Waals surface area contributed by atoms with Gasteiger partial charge in [0.05, 0.1) is 11.6 Å². The van der Waals surface area contributed by atoms with Crippen LogP contribution in [0.1, 0.15) is 35.2 Å². The molecule has 0 aliphatic heterocycles. The van der Waals surface area contributed by atoms with Crippen molar-refractivity contribution >= 4 is 11.3 Å². The number of thiazole rings is 1. The highest BCUT2D eigenvalue weighted by Gasteiger charge is 2.02. The van der Waals surface area contributed by atoms with E-state index in [-0.39, 0.29) is 0 Å². The third kappa shape index (κ3) is 4.04. The molecule has 0 saturated carbocycles. The van der Waals surface area contributed by atoms with Crippen LogP contribution in [0.5, 0.6) is 5.75 Å². The van der Waals surface area contributed by atoms with Gasteiger partial charge in [0.25, 0.3) is 0 Å². The summed E-state index contributed by atoms with van der Waals surface area (Å²) in [5, 5.41) is 1.08. The van der Waals surface area contributed by atoms with Gasteiger partial charge in [0.1, 0.15) is 5.75 Å². The molecule has 2 aromatic rings. The molecule has 1 aromatic heterocycles. The molecule has 0 aliphatic carbocycles. The SMILES string of the molecule is CC(C)c1ccc(OCCc2ncc(CN)s2)cc1. The first kappa shape index (κ1) is 14.0. The van der Waals surface area contributed by atoms with Gasteiger partial charge >= 0.3 is 0 Å². The molecule has 2 rings (SSSR count). The molecule has 1 heterocycles. The number of benzene rings is 1. The molecule has 0 amide bonds. The first-order chi connectivity index (χ1) is 9.19. The maximum atomic E-state index is 5.72. The monoisotopic (exact) mass is 276 g/mol. The molecule has 0 atom stereocenters. The Morgan fingerprint density at radius 2 is 2.00 bits per heavy atom. The molecular formula is C15H20N2OS. The number of ether oxygens (including phenoxy) is 1. The van der Waals surface area contributed by atoms with Crippen LogP contribution in [0.25, 0.3) is 0 Å². The van der Waals surface area contributed by atoms with Gasteiger partial charge in [0, 0.05) is 24.0 Å². The summed E-state index contributed by atoms with van der Waals surface area (Å²) in [6.07, 6.45) is 2.67. The number of aromatic nitrogens is 1. The van der Waals surface area contributed by atoms with Crippen LogP contribution >= 0.6 is 11.3 Å². The Bertz CT molecular complexity index is 505. The second kappa shape index (κ2) is 6.68.